The van der Waals surface area contributed by atoms with Gasteiger partial charge in [0.2, 0.25) is 0 Å². The zero-order valence-electron chi connectivity index (χ0n) is 11.8. The highest BCUT2D eigenvalue weighted by atomic mass is 79.9. The normalized spacial score (nSPS) is 13.6. The Bertz CT molecular complexity index is 365. The average Bonchev–Trinajstić information content (AvgIpc) is 2.35. The number of benzene rings is 1. The maximum Gasteiger partial charge on any atom is 0.0732 e. The predicted octanol–water partition coefficient (Wildman–Crippen LogP) is 4.13. The second-order valence-corrected chi connectivity index (χ2v) is 6.19. The van der Waals surface area contributed by atoms with E-state index in [-0.39, 0.29) is 11.6 Å². The van der Waals surface area contributed by atoms with Crippen molar-refractivity contribution in [3.63, 3.8) is 0 Å². The van der Waals surface area contributed by atoms with Gasteiger partial charge in [0.15, 0.2) is 0 Å². The van der Waals surface area contributed by atoms with Gasteiger partial charge in [-0.1, -0.05) is 41.1 Å². The highest BCUT2D eigenvalue weighted by Gasteiger charge is 2.15. The van der Waals surface area contributed by atoms with Crippen molar-refractivity contribution in [2.45, 2.75) is 52.4 Å². The lowest BCUT2D eigenvalue weighted by Crippen LogP contribution is -2.42. The first-order chi connectivity index (χ1) is 8.44. The number of nitrogens with one attached hydrogen (secondary N) is 1. The van der Waals surface area contributed by atoms with E-state index < -0.39 is 0 Å². The summed E-state index contributed by atoms with van der Waals surface area (Å²) in [6.07, 6.45) is 1.33. The first kappa shape index (κ1) is 15.7. The van der Waals surface area contributed by atoms with Gasteiger partial charge in [0.25, 0.3) is 0 Å². The first-order valence-corrected chi connectivity index (χ1v) is 7.34. The van der Waals surface area contributed by atoms with E-state index >= 15 is 0 Å². The Morgan fingerprint density at radius 2 is 2.00 bits per heavy atom. The lowest BCUT2D eigenvalue weighted by Gasteiger charge is -2.26. The van der Waals surface area contributed by atoms with E-state index in [0.29, 0.717) is 6.61 Å². The molecule has 0 radical (unpaired) electrons. The third-order valence-corrected chi connectivity index (χ3v) is 4.01. The van der Waals surface area contributed by atoms with Gasteiger partial charge in [-0.25, -0.2) is 0 Å². The Labute approximate surface area is 119 Å². The molecule has 0 amide bonds. The van der Waals surface area contributed by atoms with Crippen molar-refractivity contribution >= 4 is 15.9 Å². The van der Waals surface area contributed by atoms with Crippen LogP contribution in [0.3, 0.4) is 0 Å². The quantitative estimate of drug-likeness (QED) is 0.817. The summed E-state index contributed by atoms with van der Waals surface area (Å²) in [7, 11) is 0. The SMILES string of the molecule is CCC(C)(C)NCC(C)OCc1ccccc1Br. The fourth-order valence-electron chi connectivity index (χ4n) is 1.45. The number of rotatable bonds is 7. The Kier molecular flexibility index (Phi) is 6.33. The molecule has 1 rings (SSSR count). The lowest BCUT2D eigenvalue weighted by molar-refractivity contribution is 0.0480. The van der Waals surface area contributed by atoms with Gasteiger partial charge in [0, 0.05) is 16.6 Å². The van der Waals surface area contributed by atoms with Crippen LogP contribution in [0.15, 0.2) is 28.7 Å². The van der Waals surface area contributed by atoms with Crippen molar-refractivity contribution in [2.24, 2.45) is 0 Å². The molecule has 0 saturated carbocycles. The smallest absolute Gasteiger partial charge is 0.0732 e. The Morgan fingerprint density at radius 3 is 2.61 bits per heavy atom. The molecule has 2 nitrogen and oxygen atoms in total. The molecule has 0 bridgehead atoms. The standard InChI is InChI=1S/C15H24BrNO/c1-5-15(3,4)17-10-12(2)18-11-13-8-6-7-9-14(13)16/h6-9,12,17H,5,10-11H2,1-4H3. The molecule has 0 aliphatic rings. The van der Waals surface area contributed by atoms with Crippen LogP contribution in [0.2, 0.25) is 0 Å². The van der Waals surface area contributed by atoms with Crippen LogP contribution in [0.5, 0.6) is 0 Å². The molecule has 18 heavy (non-hydrogen) atoms. The van der Waals surface area contributed by atoms with Crippen LogP contribution in [0.4, 0.5) is 0 Å². The van der Waals surface area contributed by atoms with Crippen molar-refractivity contribution < 1.29 is 4.74 Å². The van der Waals surface area contributed by atoms with Crippen LogP contribution in [-0.2, 0) is 11.3 Å². The lowest BCUT2D eigenvalue weighted by atomic mass is 10.0. The minimum absolute atomic E-state index is 0.185. The Hall–Kier alpha value is -0.380. The average molecular weight is 314 g/mol. The van der Waals surface area contributed by atoms with Crippen LogP contribution < -0.4 is 5.32 Å². The van der Waals surface area contributed by atoms with E-state index in [1.54, 1.807) is 0 Å². The van der Waals surface area contributed by atoms with Gasteiger partial charge in [-0.3, -0.25) is 0 Å². The molecule has 1 N–H and O–H groups in total. The summed E-state index contributed by atoms with van der Waals surface area (Å²) in [5, 5.41) is 3.52. The summed E-state index contributed by atoms with van der Waals surface area (Å²) < 4.78 is 6.97. The second kappa shape index (κ2) is 7.27. The van der Waals surface area contributed by atoms with Crippen LogP contribution in [0, 0.1) is 0 Å². The van der Waals surface area contributed by atoms with Crippen molar-refractivity contribution in [1.82, 2.24) is 5.32 Å². The molecule has 1 aromatic rings. The van der Waals surface area contributed by atoms with Crippen LogP contribution in [-0.4, -0.2) is 18.2 Å². The maximum absolute atomic E-state index is 5.86. The molecule has 1 aromatic carbocycles. The van der Waals surface area contributed by atoms with Crippen LogP contribution in [0.25, 0.3) is 0 Å². The van der Waals surface area contributed by atoms with Crippen LogP contribution in [0.1, 0.15) is 39.7 Å². The number of halogens is 1. The predicted molar refractivity (Wildman–Crippen MR) is 80.8 cm³/mol. The summed E-state index contributed by atoms with van der Waals surface area (Å²) in [5.41, 5.74) is 1.38. The molecular weight excluding hydrogens is 290 g/mol. The molecule has 0 spiro atoms. The molecule has 0 fully saturated rings. The van der Waals surface area contributed by atoms with Gasteiger partial charge in [-0.05, 0) is 38.8 Å². The summed E-state index contributed by atoms with van der Waals surface area (Å²) >= 11 is 3.53. The zero-order chi connectivity index (χ0) is 13.6. The van der Waals surface area contributed by atoms with Crippen molar-refractivity contribution in [3.05, 3.63) is 34.3 Å². The van der Waals surface area contributed by atoms with Crippen molar-refractivity contribution in [1.29, 1.82) is 0 Å². The number of hydrogen-bond acceptors (Lipinski definition) is 2. The Morgan fingerprint density at radius 1 is 1.33 bits per heavy atom. The molecule has 3 heteroatoms. The minimum atomic E-state index is 0.185. The molecule has 0 aliphatic heterocycles. The van der Waals surface area contributed by atoms with E-state index in [4.69, 9.17) is 4.74 Å². The third kappa shape index (κ3) is 5.51. The molecule has 0 heterocycles. The second-order valence-electron chi connectivity index (χ2n) is 5.33. The molecule has 0 saturated heterocycles. The number of ether oxygens (including phenoxy) is 1. The van der Waals surface area contributed by atoms with Gasteiger partial charge in [-0.15, -0.1) is 0 Å². The molecule has 1 unspecified atom stereocenters. The van der Waals surface area contributed by atoms with E-state index in [0.717, 1.165) is 17.4 Å². The van der Waals surface area contributed by atoms with E-state index in [2.05, 4.69) is 55.0 Å². The molecule has 1 atom stereocenters. The summed E-state index contributed by atoms with van der Waals surface area (Å²) in [4.78, 5) is 0. The first-order valence-electron chi connectivity index (χ1n) is 6.54. The highest BCUT2D eigenvalue weighted by molar-refractivity contribution is 9.10. The van der Waals surface area contributed by atoms with Crippen LogP contribution >= 0.6 is 15.9 Å². The molecule has 0 aliphatic carbocycles. The topological polar surface area (TPSA) is 21.3 Å². The van der Waals surface area contributed by atoms with E-state index in [9.17, 15) is 0 Å². The highest BCUT2D eigenvalue weighted by Crippen LogP contribution is 2.17. The zero-order valence-corrected chi connectivity index (χ0v) is 13.4. The fourth-order valence-corrected chi connectivity index (χ4v) is 1.85. The number of hydrogen-bond donors (Lipinski definition) is 1. The van der Waals surface area contributed by atoms with Gasteiger partial charge in [-0.2, -0.15) is 0 Å². The summed E-state index contributed by atoms with van der Waals surface area (Å²) in [6.45, 7) is 10.3. The van der Waals surface area contributed by atoms with Gasteiger partial charge in [0.05, 0.1) is 12.7 Å². The monoisotopic (exact) mass is 313 g/mol. The molecule has 0 aromatic heterocycles. The summed E-state index contributed by atoms with van der Waals surface area (Å²) in [5.74, 6) is 0. The molecular formula is C15H24BrNO. The van der Waals surface area contributed by atoms with Gasteiger partial charge >= 0.3 is 0 Å². The minimum Gasteiger partial charge on any atom is -0.372 e. The van der Waals surface area contributed by atoms with Crippen molar-refractivity contribution in [2.75, 3.05) is 6.54 Å². The van der Waals surface area contributed by atoms with E-state index in [1.165, 1.54) is 5.56 Å². The van der Waals surface area contributed by atoms with Crippen molar-refractivity contribution in [3.8, 4) is 0 Å². The summed E-state index contributed by atoms with van der Waals surface area (Å²) in [6, 6.07) is 8.18. The van der Waals surface area contributed by atoms with Gasteiger partial charge in [0.1, 0.15) is 0 Å². The maximum atomic E-state index is 5.86. The third-order valence-electron chi connectivity index (χ3n) is 3.23. The largest absolute Gasteiger partial charge is 0.372 e. The Balaban J connectivity index is 2.34. The fraction of sp³-hybridized carbons (Fsp3) is 0.600. The van der Waals surface area contributed by atoms with E-state index in [1.807, 2.05) is 18.2 Å². The molecule has 102 valence electrons. The van der Waals surface area contributed by atoms with Gasteiger partial charge < -0.3 is 10.1 Å².